The van der Waals surface area contributed by atoms with Crippen LogP contribution in [0.15, 0.2) is 0 Å². The van der Waals surface area contributed by atoms with E-state index in [9.17, 15) is 5.11 Å². The smallest absolute Gasteiger partial charge is 0.126 e. The molecule has 2 nitrogen and oxygen atoms in total. The average Bonchev–Trinajstić information content (AvgIpc) is 1.97. The maximum absolute atomic E-state index is 9.56. The summed E-state index contributed by atoms with van der Waals surface area (Å²) in [7, 11) is 0. The van der Waals surface area contributed by atoms with Crippen LogP contribution in [0.5, 0.6) is 0 Å². The predicted octanol–water partition coefficient (Wildman–Crippen LogP) is 2.50. The van der Waals surface area contributed by atoms with Gasteiger partial charge in [-0.15, -0.1) is 0 Å². The number of ether oxygens (including phenoxy) is 1. The minimum Gasteiger partial charge on any atom is -0.378 e. The van der Waals surface area contributed by atoms with Crippen molar-refractivity contribution in [2.45, 2.75) is 70.7 Å². The topological polar surface area (TPSA) is 29.5 Å². The highest BCUT2D eigenvalue weighted by Crippen LogP contribution is 2.34. The number of rotatable bonds is 0. The van der Waals surface area contributed by atoms with Crippen molar-refractivity contribution in [3.63, 3.8) is 0 Å². The second kappa shape index (κ2) is 3.81. The monoisotopic (exact) mass is 210 g/mol. The molecule has 0 aromatic rings. The fourth-order valence-corrected chi connectivity index (χ4v) is 1.94. The van der Waals surface area contributed by atoms with Gasteiger partial charge >= 0.3 is 0 Å². The summed E-state index contributed by atoms with van der Waals surface area (Å²) in [6, 6.07) is 0. The van der Waals surface area contributed by atoms with Gasteiger partial charge in [-0.3, -0.25) is 0 Å². The van der Waals surface area contributed by atoms with Crippen molar-refractivity contribution in [3.05, 3.63) is 0 Å². The molecule has 1 atom stereocenters. The molecule has 1 N–H and O–H groups in total. The van der Waals surface area contributed by atoms with Crippen molar-refractivity contribution in [2.75, 3.05) is 0 Å². The first kappa shape index (κ1) is 12.5. The van der Waals surface area contributed by atoms with Crippen LogP contribution < -0.4 is 0 Å². The Morgan fingerprint density at radius 3 is 2.27 bits per heavy atom. The molecule has 0 amide bonds. The van der Waals surface area contributed by atoms with Crippen molar-refractivity contribution in [2.24, 2.45) is 0 Å². The van der Waals surface area contributed by atoms with Crippen molar-refractivity contribution in [3.8, 4) is 11.8 Å². The van der Waals surface area contributed by atoms with E-state index in [0.717, 1.165) is 19.3 Å². The number of hydrogen-bond acceptors (Lipinski definition) is 2. The summed E-state index contributed by atoms with van der Waals surface area (Å²) in [5.41, 5.74) is -1.43. The van der Waals surface area contributed by atoms with Crippen LogP contribution >= 0.6 is 0 Å². The minimum absolute atomic E-state index is 0.0960. The Labute approximate surface area is 93.0 Å². The molecule has 0 saturated carbocycles. The lowest BCUT2D eigenvalue weighted by atomic mass is 9.88. The number of aliphatic hydroxyl groups is 1. The Morgan fingerprint density at radius 2 is 1.80 bits per heavy atom. The molecule has 1 fully saturated rings. The first-order valence-corrected chi connectivity index (χ1v) is 5.59. The zero-order valence-electron chi connectivity index (χ0n) is 10.5. The zero-order chi connectivity index (χ0) is 11.7. The van der Waals surface area contributed by atoms with Crippen molar-refractivity contribution < 1.29 is 9.84 Å². The molecule has 1 heterocycles. The SMILES string of the molecule is CC(C)(O)C#CC1(C)CCCC(C)(C)O1. The molecule has 0 bridgehead atoms. The lowest BCUT2D eigenvalue weighted by Crippen LogP contribution is -2.42. The molecule has 1 rings (SSSR count). The third-order valence-electron chi connectivity index (χ3n) is 2.57. The summed E-state index contributed by atoms with van der Waals surface area (Å²) >= 11 is 0. The molecule has 1 unspecified atom stereocenters. The van der Waals surface area contributed by atoms with E-state index >= 15 is 0 Å². The molecule has 86 valence electrons. The van der Waals surface area contributed by atoms with E-state index in [1.165, 1.54) is 0 Å². The van der Waals surface area contributed by atoms with Gasteiger partial charge in [-0.25, -0.2) is 0 Å². The van der Waals surface area contributed by atoms with Crippen LogP contribution in [0.3, 0.4) is 0 Å². The lowest BCUT2D eigenvalue weighted by Gasteiger charge is -2.40. The Hall–Kier alpha value is -0.520. The first-order valence-electron chi connectivity index (χ1n) is 5.59. The van der Waals surface area contributed by atoms with E-state index in [1.807, 2.05) is 6.92 Å². The molecule has 0 spiro atoms. The minimum atomic E-state index is -0.937. The van der Waals surface area contributed by atoms with Crippen molar-refractivity contribution in [1.29, 1.82) is 0 Å². The Kier molecular flexibility index (Phi) is 3.19. The number of hydrogen-bond donors (Lipinski definition) is 1. The van der Waals surface area contributed by atoms with Crippen LogP contribution in [0.1, 0.15) is 53.9 Å². The van der Waals surface area contributed by atoms with E-state index in [4.69, 9.17) is 4.74 Å². The summed E-state index contributed by atoms with van der Waals surface area (Å²) < 4.78 is 5.97. The van der Waals surface area contributed by atoms with E-state index in [-0.39, 0.29) is 5.60 Å². The van der Waals surface area contributed by atoms with Gasteiger partial charge in [-0.05, 0) is 53.9 Å². The molecular weight excluding hydrogens is 188 g/mol. The van der Waals surface area contributed by atoms with Gasteiger partial charge in [-0.1, -0.05) is 11.8 Å². The normalized spacial score (nSPS) is 30.5. The molecule has 1 saturated heterocycles. The predicted molar refractivity (Wildman–Crippen MR) is 61.5 cm³/mol. The average molecular weight is 210 g/mol. The van der Waals surface area contributed by atoms with E-state index < -0.39 is 11.2 Å². The van der Waals surface area contributed by atoms with Gasteiger partial charge < -0.3 is 9.84 Å². The Morgan fingerprint density at radius 1 is 1.20 bits per heavy atom. The van der Waals surface area contributed by atoms with Gasteiger partial charge in [0.05, 0.1) is 5.60 Å². The van der Waals surface area contributed by atoms with Crippen LogP contribution in [-0.4, -0.2) is 21.9 Å². The molecule has 15 heavy (non-hydrogen) atoms. The Bertz CT molecular complexity index is 288. The quantitative estimate of drug-likeness (QED) is 0.622. The fraction of sp³-hybridized carbons (Fsp3) is 0.846. The zero-order valence-corrected chi connectivity index (χ0v) is 10.5. The molecule has 1 aliphatic heterocycles. The molecule has 0 aromatic carbocycles. The van der Waals surface area contributed by atoms with Gasteiger partial charge in [0.2, 0.25) is 0 Å². The summed E-state index contributed by atoms with van der Waals surface area (Å²) in [6.45, 7) is 9.58. The van der Waals surface area contributed by atoms with E-state index in [0.29, 0.717) is 0 Å². The van der Waals surface area contributed by atoms with Gasteiger partial charge in [-0.2, -0.15) is 0 Å². The van der Waals surface area contributed by atoms with E-state index in [2.05, 4.69) is 25.7 Å². The van der Waals surface area contributed by atoms with Gasteiger partial charge in [0.15, 0.2) is 0 Å². The molecular formula is C13H22O2. The first-order chi connectivity index (χ1) is 6.62. The van der Waals surface area contributed by atoms with Gasteiger partial charge in [0, 0.05) is 0 Å². The highest BCUT2D eigenvalue weighted by atomic mass is 16.5. The van der Waals surface area contributed by atoms with Crippen molar-refractivity contribution in [1.82, 2.24) is 0 Å². The largest absolute Gasteiger partial charge is 0.378 e. The molecule has 1 aliphatic rings. The third kappa shape index (κ3) is 4.24. The van der Waals surface area contributed by atoms with Gasteiger partial charge in [0.1, 0.15) is 11.2 Å². The highest BCUT2D eigenvalue weighted by Gasteiger charge is 2.36. The highest BCUT2D eigenvalue weighted by molar-refractivity contribution is 5.19. The van der Waals surface area contributed by atoms with Crippen LogP contribution in [0, 0.1) is 11.8 Å². The van der Waals surface area contributed by atoms with Crippen LogP contribution in [0.4, 0.5) is 0 Å². The summed E-state index contributed by atoms with van der Waals surface area (Å²) in [5, 5.41) is 9.56. The standard InChI is InChI=1S/C13H22O2/c1-11(2,14)9-10-13(5)8-6-7-12(3,4)15-13/h14H,6-8H2,1-5H3. The summed E-state index contributed by atoms with van der Waals surface area (Å²) in [6.07, 6.45) is 3.15. The maximum Gasteiger partial charge on any atom is 0.126 e. The molecule has 0 radical (unpaired) electrons. The second-order valence-electron chi connectivity index (χ2n) is 5.76. The third-order valence-corrected chi connectivity index (χ3v) is 2.57. The van der Waals surface area contributed by atoms with Crippen LogP contribution in [0.2, 0.25) is 0 Å². The molecule has 2 heteroatoms. The summed E-state index contributed by atoms with van der Waals surface area (Å²) in [4.78, 5) is 0. The molecule has 0 aromatic heterocycles. The Balaban J connectivity index is 2.78. The maximum atomic E-state index is 9.56. The lowest BCUT2D eigenvalue weighted by molar-refractivity contribution is -0.135. The van der Waals surface area contributed by atoms with Gasteiger partial charge in [0.25, 0.3) is 0 Å². The van der Waals surface area contributed by atoms with Crippen LogP contribution in [0.25, 0.3) is 0 Å². The summed E-state index contributed by atoms with van der Waals surface area (Å²) in [5.74, 6) is 5.92. The molecule has 0 aliphatic carbocycles. The second-order valence-corrected chi connectivity index (χ2v) is 5.76. The fourth-order valence-electron chi connectivity index (χ4n) is 1.94. The van der Waals surface area contributed by atoms with Crippen molar-refractivity contribution >= 4 is 0 Å². The van der Waals surface area contributed by atoms with E-state index in [1.54, 1.807) is 13.8 Å². The van der Waals surface area contributed by atoms with Crippen LogP contribution in [-0.2, 0) is 4.74 Å².